The number of nitrogens with zero attached hydrogens (tertiary/aromatic N) is 3. The van der Waals surface area contributed by atoms with Crippen molar-refractivity contribution < 1.29 is 0 Å². The zero-order chi connectivity index (χ0) is 42.2. The third-order valence-electron chi connectivity index (χ3n) is 13.6. The Bertz CT molecular complexity index is 3750. The summed E-state index contributed by atoms with van der Waals surface area (Å²) in [5.41, 5.74) is 10.5. The van der Waals surface area contributed by atoms with Crippen molar-refractivity contribution >= 4 is 94.2 Å². The summed E-state index contributed by atoms with van der Waals surface area (Å²) < 4.78 is 7.46. The Morgan fingerprint density at radius 2 is 0.625 bits per heavy atom. The predicted molar refractivity (Wildman–Crippen MR) is 273 cm³/mol. The van der Waals surface area contributed by atoms with E-state index in [2.05, 4.69) is 262 Å². The fourth-order valence-corrected chi connectivity index (χ4v) is 15.7. The van der Waals surface area contributed by atoms with E-state index < -0.39 is 8.07 Å². The van der Waals surface area contributed by atoms with Crippen LogP contribution >= 0.6 is 0 Å². The molecule has 13 rings (SSSR count). The molecule has 300 valence electrons. The molecule has 0 radical (unpaired) electrons. The molecule has 0 amide bonds. The Hall–Kier alpha value is -8.18. The van der Waals surface area contributed by atoms with E-state index >= 15 is 0 Å². The van der Waals surface area contributed by atoms with Crippen LogP contribution in [0.15, 0.2) is 249 Å². The second-order valence-corrected chi connectivity index (χ2v) is 20.7. The van der Waals surface area contributed by atoms with E-state index in [0.717, 1.165) is 17.1 Å². The van der Waals surface area contributed by atoms with Crippen LogP contribution in [0.2, 0.25) is 0 Å². The van der Waals surface area contributed by atoms with Gasteiger partial charge in [0.05, 0.1) is 38.8 Å². The van der Waals surface area contributed by atoms with E-state index in [1.54, 1.807) is 0 Å². The molecular formula is C60H41N3Si. The van der Waals surface area contributed by atoms with Crippen LogP contribution in [0.1, 0.15) is 0 Å². The number of fused-ring (bicyclic) bond motifs is 9. The summed E-state index contributed by atoms with van der Waals surface area (Å²) in [5.74, 6) is 0. The maximum atomic E-state index is 2.50. The van der Waals surface area contributed by atoms with Crippen LogP contribution in [-0.2, 0) is 0 Å². The molecule has 0 spiro atoms. The molecule has 64 heavy (non-hydrogen) atoms. The third-order valence-corrected chi connectivity index (χ3v) is 18.3. The monoisotopic (exact) mass is 831 g/mol. The second kappa shape index (κ2) is 14.5. The summed E-state index contributed by atoms with van der Waals surface area (Å²) in [6.07, 6.45) is 0. The van der Waals surface area contributed by atoms with Crippen molar-refractivity contribution in [2.24, 2.45) is 0 Å². The molecule has 3 aromatic heterocycles. The predicted octanol–water partition coefficient (Wildman–Crippen LogP) is 12.4. The maximum absolute atomic E-state index is 2.79. The van der Waals surface area contributed by atoms with Crippen molar-refractivity contribution in [3.63, 3.8) is 0 Å². The molecule has 0 aliphatic carbocycles. The van der Waals surface area contributed by atoms with E-state index in [4.69, 9.17) is 0 Å². The molecule has 3 nitrogen and oxygen atoms in total. The van der Waals surface area contributed by atoms with Gasteiger partial charge in [-0.2, -0.15) is 0 Å². The average molecular weight is 832 g/mol. The molecule has 0 N–H and O–H groups in total. The lowest BCUT2D eigenvalue weighted by molar-refractivity contribution is 1.13. The minimum atomic E-state index is -2.79. The standard InChI is InChI=1S/C60H41N3Si/c1-4-21-44(22-5-1)64(45-23-6-2-7-24-45,46-25-8-3-9-26-46)47-27-18-20-42(40-47)61-54-33-14-10-30-50(54)52-39-38-43(41-59(52)61)62-55-34-15-13-31-51(55)53-32-19-37-58(60(53)62)63-56-35-16-11-28-48(56)49-29-12-17-36-57(49)63/h1-41H. The van der Waals surface area contributed by atoms with Crippen molar-refractivity contribution in [1.82, 2.24) is 13.7 Å². The highest BCUT2D eigenvalue weighted by molar-refractivity contribution is 7.19. The number of hydrogen-bond acceptors (Lipinski definition) is 0. The Morgan fingerprint density at radius 1 is 0.234 bits per heavy atom. The van der Waals surface area contributed by atoms with Gasteiger partial charge >= 0.3 is 0 Å². The van der Waals surface area contributed by atoms with Crippen molar-refractivity contribution in [2.75, 3.05) is 0 Å². The van der Waals surface area contributed by atoms with Crippen LogP contribution in [0.4, 0.5) is 0 Å². The van der Waals surface area contributed by atoms with Crippen LogP contribution in [0, 0.1) is 0 Å². The van der Waals surface area contributed by atoms with E-state index in [0.29, 0.717) is 0 Å². The number of rotatable bonds is 7. The summed E-state index contributed by atoms with van der Waals surface area (Å²) in [5, 5.41) is 12.9. The quantitative estimate of drug-likeness (QED) is 0.112. The van der Waals surface area contributed by atoms with Crippen molar-refractivity contribution in [3.8, 4) is 17.1 Å². The van der Waals surface area contributed by atoms with Gasteiger partial charge in [0.25, 0.3) is 0 Å². The lowest BCUT2D eigenvalue weighted by atomic mass is 10.1. The Morgan fingerprint density at radius 3 is 1.17 bits per heavy atom. The van der Waals surface area contributed by atoms with Crippen LogP contribution in [0.25, 0.3) is 82.5 Å². The van der Waals surface area contributed by atoms with Crippen LogP contribution in [-0.4, -0.2) is 21.8 Å². The number of benzene rings is 10. The number of hydrogen-bond donors (Lipinski definition) is 0. The molecule has 3 heterocycles. The molecular weight excluding hydrogens is 791 g/mol. The van der Waals surface area contributed by atoms with Gasteiger partial charge in [0, 0.05) is 43.7 Å². The number of aromatic nitrogens is 3. The Labute approximate surface area is 372 Å². The van der Waals surface area contributed by atoms with Gasteiger partial charge in [-0.25, -0.2) is 0 Å². The summed E-state index contributed by atoms with van der Waals surface area (Å²) in [7, 11) is -2.79. The highest BCUT2D eigenvalue weighted by Crippen LogP contribution is 2.41. The molecule has 0 aliphatic rings. The lowest BCUT2D eigenvalue weighted by Crippen LogP contribution is -2.74. The van der Waals surface area contributed by atoms with E-state index in [1.165, 1.54) is 86.2 Å². The summed E-state index contributed by atoms with van der Waals surface area (Å²) in [6, 6.07) is 92.3. The SMILES string of the molecule is c1ccc([Si](c2ccccc2)(c2ccccc2)c2cccc(-n3c4ccccc4c4ccc(-n5c6ccccc6c6cccc(-n7c8ccccc8c8ccccc87)c65)cc43)c2)cc1. The number of para-hydroxylation sites is 5. The highest BCUT2D eigenvalue weighted by atomic mass is 28.3. The molecule has 0 saturated carbocycles. The van der Waals surface area contributed by atoms with Crippen LogP contribution < -0.4 is 20.7 Å². The van der Waals surface area contributed by atoms with Gasteiger partial charge in [-0.3, -0.25) is 0 Å². The average Bonchev–Trinajstić information content (AvgIpc) is 4.01. The van der Waals surface area contributed by atoms with Gasteiger partial charge in [-0.05, 0) is 75.3 Å². The smallest absolute Gasteiger partial charge is 0.179 e. The van der Waals surface area contributed by atoms with E-state index in [1.807, 2.05) is 0 Å². The summed E-state index contributed by atoms with van der Waals surface area (Å²) >= 11 is 0. The zero-order valence-electron chi connectivity index (χ0n) is 35.0. The summed E-state index contributed by atoms with van der Waals surface area (Å²) in [4.78, 5) is 0. The molecule has 0 bridgehead atoms. The van der Waals surface area contributed by atoms with Crippen LogP contribution in [0.5, 0.6) is 0 Å². The first-order chi connectivity index (χ1) is 31.8. The zero-order valence-corrected chi connectivity index (χ0v) is 36.0. The normalized spacial score (nSPS) is 12.1. The van der Waals surface area contributed by atoms with Gasteiger partial charge in [0.15, 0.2) is 8.07 Å². The largest absolute Gasteiger partial charge is 0.309 e. The molecule has 0 saturated heterocycles. The van der Waals surface area contributed by atoms with Crippen molar-refractivity contribution in [3.05, 3.63) is 249 Å². The molecule has 13 aromatic rings. The first-order valence-corrected chi connectivity index (χ1v) is 24.1. The molecule has 0 atom stereocenters. The first-order valence-electron chi connectivity index (χ1n) is 22.1. The summed E-state index contributed by atoms with van der Waals surface area (Å²) in [6.45, 7) is 0. The van der Waals surface area contributed by atoms with Gasteiger partial charge < -0.3 is 13.7 Å². The minimum Gasteiger partial charge on any atom is -0.309 e. The maximum Gasteiger partial charge on any atom is 0.179 e. The second-order valence-electron chi connectivity index (χ2n) is 16.8. The van der Waals surface area contributed by atoms with Crippen LogP contribution in [0.3, 0.4) is 0 Å². The van der Waals surface area contributed by atoms with Crippen molar-refractivity contribution in [1.29, 1.82) is 0 Å². The topological polar surface area (TPSA) is 14.8 Å². The Kier molecular flexibility index (Phi) is 8.23. The van der Waals surface area contributed by atoms with E-state index in [-0.39, 0.29) is 0 Å². The fraction of sp³-hybridized carbons (Fsp3) is 0. The van der Waals surface area contributed by atoms with Gasteiger partial charge in [0.2, 0.25) is 0 Å². The molecule has 0 aliphatic heterocycles. The first kappa shape index (κ1) is 36.5. The lowest BCUT2D eigenvalue weighted by Gasteiger charge is -2.34. The fourth-order valence-electron chi connectivity index (χ4n) is 11.0. The van der Waals surface area contributed by atoms with Gasteiger partial charge in [-0.15, -0.1) is 0 Å². The molecule has 4 heteroatoms. The highest BCUT2D eigenvalue weighted by Gasteiger charge is 2.41. The minimum absolute atomic E-state index is 1.12. The third kappa shape index (κ3) is 5.27. The van der Waals surface area contributed by atoms with Crippen molar-refractivity contribution in [2.45, 2.75) is 0 Å². The Balaban J connectivity index is 1.10. The molecule has 0 unspecified atom stereocenters. The van der Waals surface area contributed by atoms with Gasteiger partial charge in [0.1, 0.15) is 0 Å². The van der Waals surface area contributed by atoms with Gasteiger partial charge in [-0.1, -0.05) is 194 Å². The van der Waals surface area contributed by atoms with E-state index in [9.17, 15) is 0 Å². The molecule has 0 fully saturated rings. The molecule has 10 aromatic carbocycles.